The summed E-state index contributed by atoms with van der Waals surface area (Å²) in [5.41, 5.74) is 4.37. The van der Waals surface area contributed by atoms with Crippen LogP contribution in [-0.2, 0) is 0 Å². The Balaban J connectivity index is 2.10. The lowest BCUT2D eigenvalue weighted by Gasteiger charge is -2.15. The molecule has 1 aliphatic rings. The molecule has 0 aromatic heterocycles. The summed E-state index contributed by atoms with van der Waals surface area (Å²) in [5.74, 6) is 0. The van der Waals surface area contributed by atoms with Crippen LogP contribution in [0.2, 0.25) is 15.1 Å². The first-order chi connectivity index (χ1) is 9.56. The van der Waals surface area contributed by atoms with Gasteiger partial charge in [-0.2, -0.15) is 4.58 Å². The Bertz CT molecular complexity index is 743. The van der Waals surface area contributed by atoms with E-state index in [0.29, 0.717) is 10.0 Å². The summed E-state index contributed by atoms with van der Waals surface area (Å²) in [5, 5.41) is 1.99. The van der Waals surface area contributed by atoms with Crippen LogP contribution in [0.25, 0.3) is 0 Å². The molecule has 0 atom stereocenters. The number of nitrogens with zero attached hydrogens (tertiary/aromatic N) is 1. The summed E-state index contributed by atoms with van der Waals surface area (Å²) in [4.78, 5) is 0. The maximum absolute atomic E-state index is 6.27. The van der Waals surface area contributed by atoms with Crippen LogP contribution >= 0.6 is 34.8 Å². The molecule has 0 radical (unpaired) electrons. The highest BCUT2D eigenvalue weighted by Crippen LogP contribution is 2.33. The average molecular weight is 324 g/mol. The van der Waals surface area contributed by atoms with E-state index in [1.807, 2.05) is 36.4 Å². The summed E-state index contributed by atoms with van der Waals surface area (Å²) in [7, 11) is 0. The normalized spacial score (nSPS) is 14.1. The number of allylic oxidation sites excluding steroid dienone is 1. The van der Waals surface area contributed by atoms with Crippen LogP contribution in [0.1, 0.15) is 12.5 Å². The fourth-order valence-corrected chi connectivity index (χ4v) is 2.91. The van der Waals surface area contributed by atoms with Gasteiger partial charge in [0, 0.05) is 21.7 Å². The molecule has 2 aromatic rings. The highest BCUT2D eigenvalue weighted by molar-refractivity contribution is 6.36. The summed E-state index contributed by atoms with van der Waals surface area (Å²) in [6, 6.07) is 13.3. The van der Waals surface area contributed by atoms with Crippen molar-refractivity contribution in [1.29, 1.82) is 0 Å². The molecule has 0 saturated heterocycles. The standard InChI is InChI=1S/C16H11Cl3N/c1-10-9-20(15-7-6-13(18)8-14(15)19)16(10)11-2-4-12(17)5-3-11/h2-9H,1H3/q+1. The first-order valence-electron chi connectivity index (χ1n) is 6.12. The van der Waals surface area contributed by atoms with E-state index in [0.717, 1.165) is 22.0 Å². The van der Waals surface area contributed by atoms with Crippen molar-refractivity contribution < 1.29 is 4.58 Å². The van der Waals surface area contributed by atoms with Gasteiger partial charge in [0.05, 0.1) is 5.57 Å². The van der Waals surface area contributed by atoms with Crippen molar-refractivity contribution >= 4 is 46.2 Å². The van der Waals surface area contributed by atoms with Gasteiger partial charge in [-0.15, -0.1) is 0 Å². The Hall–Kier alpha value is -1.28. The van der Waals surface area contributed by atoms with Crippen LogP contribution < -0.4 is 0 Å². The fourth-order valence-electron chi connectivity index (χ4n) is 2.28. The van der Waals surface area contributed by atoms with Gasteiger partial charge >= 0.3 is 0 Å². The second-order valence-electron chi connectivity index (χ2n) is 4.63. The molecule has 0 N–H and O–H groups in total. The highest BCUT2D eigenvalue weighted by Gasteiger charge is 2.31. The van der Waals surface area contributed by atoms with Gasteiger partial charge in [-0.25, -0.2) is 0 Å². The van der Waals surface area contributed by atoms with Crippen molar-refractivity contribution in [1.82, 2.24) is 0 Å². The molecule has 2 aromatic carbocycles. The predicted octanol–water partition coefficient (Wildman–Crippen LogP) is 5.70. The van der Waals surface area contributed by atoms with E-state index in [4.69, 9.17) is 34.8 Å². The van der Waals surface area contributed by atoms with Crippen LogP contribution in [0.4, 0.5) is 5.69 Å². The Morgan fingerprint density at radius 3 is 2.10 bits per heavy atom. The van der Waals surface area contributed by atoms with E-state index in [9.17, 15) is 0 Å². The van der Waals surface area contributed by atoms with Crippen molar-refractivity contribution in [2.45, 2.75) is 6.92 Å². The Morgan fingerprint density at radius 2 is 1.50 bits per heavy atom. The monoisotopic (exact) mass is 322 g/mol. The van der Waals surface area contributed by atoms with Crippen LogP contribution in [0.5, 0.6) is 0 Å². The number of halogens is 3. The third kappa shape index (κ3) is 2.37. The van der Waals surface area contributed by atoms with E-state index in [1.54, 1.807) is 6.07 Å². The predicted molar refractivity (Wildman–Crippen MR) is 85.7 cm³/mol. The van der Waals surface area contributed by atoms with Crippen molar-refractivity contribution in [3.8, 4) is 0 Å². The SMILES string of the molecule is CC1=C[N+](c2ccc(Cl)cc2Cl)=C1c1ccc(Cl)cc1. The summed E-state index contributed by atoms with van der Waals surface area (Å²) in [6.45, 7) is 2.07. The lowest BCUT2D eigenvalue weighted by atomic mass is 9.99. The molecule has 1 heterocycles. The smallest absolute Gasteiger partial charge is 0.158 e. The first-order valence-corrected chi connectivity index (χ1v) is 7.25. The summed E-state index contributed by atoms with van der Waals surface area (Å²) < 4.78 is 2.07. The maximum atomic E-state index is 6.27. The molecule has 0 fully saturated rings. The molecule has 0 unspecified atom stereocenters. The minimum atomic E-state index is 0.632. The van der Waals surface area contributed by atoms with Crippen molar-refractivity contribution in [3.63, 3.8) is 0 Å². The van der Waals surface area contributed by atoms with Gasteiger partial charge in [0.25, 0.3) is 0 Å². The quantitative estimate of drug-likeness (QED) is 0.624. The number of hydrogen-bond acceptors (Lipinski definition) is 0. The van der Waals surface area contributed by atoms with Crippen molar-refractivity contribution in [2.75, 3.05) is 0 Å². The van der Waals surface area contributed by atoms with E-state index in [-0.39, 0.29) is 0 Å². The molecule has 20 heavy (non-hydrogen) atoms. The molecule has 3 rings (SSSR count). The van der Waals surface area contributed by atoms with Gasteiger partial charge in [0.15, 0.2) is 6.20 Å². The second-order valence-corrected chi connectivity index (χ2v) is 5.91. The van der Waals surface area contributed by atoms with Gasteiger partial charge in [-0.1, -0.05) is 34.8 Å². The lowest BCUT2D eigenvalue weighted by Crippen LogP contribution is -2.24. The fraction of sp³-hybridized carbons (Fsp3) is 0.0625. The first kappa shape index (κ1) is 13.7. The molecule has 0 saturated carbocycles. The summed E-state index contributed by atoms with van der Waals surface area (Å²) >= 11 is 18.2. The van der Waals surface area contributed by atoms with Gasteiger partial charge in [0.1, 0.15) is 5.02 Å². The molecule has 100 valence electrons. The largest absolute Gasteiger partial charge is 0.229 e. The number of hydrogen-bond donors (Lipinski definition) is 0. The lowest BCUT2D eigenvalue weighted by molar-refractivity contribution is -0.373. The minimum Gasteiger partial charge on any atom is -0.158 e. The third-order valence-corrected chi connectivity index (χ3v) is 4.01. The van der Waals surface area contributed by atoms with Gasteiger partial charge in [-0.05, 0) is 43.3 Å². The van der Waals surface area contributed by atoms with Crippen LogP contribution in [0.15, 0.2) is 54.2 Å². The van der Waals surface area contributed by atoms with E-state index in [1.165, 1.54) is 5.57 Å². The van der Waals surface area contributed by atoms with E-state index in [2.05, 4.69) is 17.7 Å². The average Bonchev–Trinajstić information content (AvgIpc) is 2.39. The Labute approximate surface area is 132 Å². The van der Waals surface area contributed by atoms with E-state index >= 15 is 0 Å². The van der Waals surface area contributed by atoms with Gasteiger partial charge in [-0.3, -0.25) is 0 Å². The van der Waals surface area contributed by atoms with Crippen molar-refractivity contribution in [3.05, 3.63) is 74.9 Å². The minimum absolute atomic E-state index is 0.632. The maximum Gasteiger partial charge on any atom is 0.229 e. The second kappa shape index (κ2) is 5.25. The molecule has 1 aliphatic heterocycles. The highest BCUT2D eigenvalue weighted by atomic mass is 35.5. The molecular formula is C16H11Cl3N+. The molecule has 0 bridgehead atoms. The molecule has 4 heteroatoms. The number of rotatable bonds is 2. The van der Waals surface area contributed by atoms with Crippen molar-refractivity contribution in [2.24, 2.45) is 0 Å². The third-order valence-electron chi connectivity index (χ3n) is 3.22. The Kier molecular flexibility index (Phi) is 3.59. The number of benzene rings is 2. The molecule has 0 spiro atoms. The zero-order chi connectivity index (χ0) is 14.3. The van der Waals surface area contributed by atoms with E-state index < -0.39 is 0 Å². The molecule has 0 aliphatic carbocycles. The zero-order valence-corrected chi connectivity index (χ0v) is 13.0. The molecule has 0 amide bonds. The van der Waals surface area contributed by atoms with Crippen LogP contribution in [-0.4, -0.2) is 10.3 Å². The summed E-state index contributed by atoms with van der Waals surface area (Å²) in [6.07, 6.45) is 2.05. The van der Waals surface area contributed by atoms with Crippen LogP contribution in [0.3, 0.4) is 0 Å². The van der Waals surface area contributed by atoms with Crippen LogP contribution in [0, 0.1) is 0 Å². The van der Waals surface area contributed by atoms with Gasteiger partial charge in [0.2, 0.25) is 11.4 Å². The Morgan fingerprint density at radius 1 is 0.850 bits per heavy atom. The van der Waals surface area contributed by atoms with Gasteiger partial charge < -0.3 is 0 Å². The molecule has 1 nitrogen and oxygen atoms in total. The topological polar surface area (TPSA) is 3.01 Å². The molecular weight excluding hydrogens is 313 g/mol. The zero-order valence-electron chi connectivity index (χ0n) is 10.7.